The Hall–Kier alpha value is -2.07. The number of primary amides is 2. The van der Waals surface area contributed by atoms with Crippen LogP contribution >= 0.6 is 23.5 Å². The van der Waals surface area contributed by atoms with Crippen LogP contribution in [-0.2, 0) is 0 Å². The zero-order valence-corrected chi connectivity index (χ0v) is 14.4. The quantitative estimate of drug-likeness (QED) is 0.519. The highest BCUT2D eigenvalue weighted by molar-refractivity contribution is 8.17. The lowest BCUT2D eigenvalue weighted by atomic mass is 10.3. The number of amides is 2. The Morgan fingerprint density at radius 2 is 1.78 bits per heavy atom. The zero-order valence-electron chi connectivity index (χ0n) is 12.7. The number of para-hydroxylation sites is 1. The summed E-state index contributed by atoms with van der Waals surface area (Å²) >= 11 is 3.70. The van der Waals surface area contributed by atoms with E-state index in [1.165, 1.54) is 10.6 Å². The summed E-state index contributed by atoms with van der Waals surface area (Å²) in [6, 6.07) is 8.47. The molecule has 128 valence electrons. The van der Waals surface area contributed by atoms with Gasteiger partial charge < -0.3 is 32.0 Å². The third-order valence-electron chi connectivity index (χ3n) is 2.23. The van der Waals surface area contributed by atoms with Crippen LogP contribution in [-0.4, -0.2) is 45.6 Å². The first kappa shape index (κ1) is 20.9. The molecule has 1 atom stereocenters. The minimum Gasteiger partial charge on any atom is -0.465 e. The van der Waals surface area contributed by atoms with Gasteiger partial charge in [0.2, 0.25) is 0 Å². The lowest BCUT2D eigenvalue weighted by Crippen LogP contribution is -2.22. The molecule has 8 nitrogen and oxygen atoms in total. The summed E-state index contributed by atoms with van der Waals surface area (Å²) in [5.74, 6) is 0.815. The molecule has 0 spiro atoms. The number of rotatable bonds is 3. The molecule has 1 aromatic carbocycles. The largest absolute Gasteiger partial charge is 0.465 e. The minimum absolute atomic E-state index is 0.419. The molecule has 2 rings (SSSR count). The molecule has 0 fully saturated rings. The fraction of sp³-hybridized carbons (Fsp3) is 0.308. The summed E-state index contributed by atoms with van der Waals surface area (Å²) in [5.41, 5.74) is 10.1. The van der Waals surface area contributed by atoms with E-state index in [9.17, 15) is 0 Å². The number of benzene rings is 1. The highest BCUT2D eigenvalue weighted by atomic mass is 32.2. The normalized spacial score (nSPS) is 14.5. The van der Waals surface area contributed by atoms with Crippen LogP contribution in [0.25, 0.3) is 0 Å². The fourth-order valence-corrected chi connectivity index (χ4v) is 3.99. The molecular weight excluding hydrogens is 340 g/mol. The van der Waals surface area contributed by atoms with Gasteiger partial charge in [0.05, 0.1) is 5.69 Å². The number of fused-ring (bicyclic) bond motifs is 1. The molecule has 1 aliphatic heterocycles. The van der Waals surface area contributed by atoms with E-state index in [-0.39, 0.29) is 0 Å². The molecular formula is C13H20N4O4S2. The van der Waals surface area contributed by atoms with Crippen molar-refractivity contribution in [3.8, 4) is 0 Å². The van der Waals surface area contributed by atoms with Crippen LogP contribution in [0.5, 0.6) is 0 Å². The van der Waals surface area contributed by atoms with E-state index < -0.39 is 12.2 Å². The molecule has 1 aliphatic rings. The van der Waals surface area contributed by atoms with Crippen molar-refractivity contribution in [1.29, 1.82) is 5.41 Å². The van der Waals surface area contributed by atoms with Crippen molar-refractivity contribution in [2.45, 2.75) is 16.5 Å². The Morgan fingerprint density at radius 3 is 2.22 bits per heavy atom. The number of thioether (sulfide) groups is 2. The first-order chi connectivity index (χ1) is 10.6. The van der Waals surface area contributed by atoms with E-state index >= 15 is 0 Å². The van der Waals surface area contributed by atoms with E-state index in [0.717, 1.165) is 11.5 Å². The number of carboxylic acid groups (broad SMARTS) is 2. The minimum atomic E-state index is -1.33. The number of anilines is 1. The molecule has 0 saturated carbocycles. The summed E-state index contributed by atoms with van der Waals surface area (Å²) in [5, 5.41) is 21.8. The fourth-order valence-electron chi connectivity index (χ4n) is 1.49. The van der Waals surface area contributed by atoms with Crippen LogP contribution in [0.15, 0.2) is 29.2 Å². The molecule has 2 amide bonds. The highest BCUT2D eigenvalue weighted by Gasteiger charge is 2.26. The van der Waals surface area contributed by atoms with Gasteiger partial charge in [-0.3, -0.25) is 0 Å². The van der Waals surface area contributed by atoms with Gasteiger partial charge in [-0.25, -0.2) is 9.59 Å². The first-order valence-electron chi connectivity index (χ1n) is 6.26. The van der Waals surface area contributed by atoms with E-state index in [0.29, 0.717) is 4.71 Å². The molecule has 0 radical (unpaired) electrons. The number of carbonyl (C=O) groups is 2. The molecule has 0 saturated heterocycles. The molecule has 23 heavy (non-hydrogen) atoms. The van der Waals surface area contributed by atoms with Crippen LogP contribution in [0, 0.1) is 5.41 Å². The molecule has 7 N–H and O–H groups in total. The molecule has 10 heteroatoms. The van der Waals surface area contributed by atoms with Gasteiger partial charge in [0, 0.05) is 23.4 Å². The topological polar surface area (TPSA) is 154 Å². The Labute approximate surface area is 142 Å². The average molecular weight is 360 g/mol. The van der Waals surface area contributed by atoms with Crippen molar-refractivity contribution in [2.24, 2.45) is 11.5 Å². The lowest BCUT2D eigenvalue weighted by molar-refractivity contribution is 0.204. The summed E-state index contributed by atoms with van der Waals surface area (Å²) in [7, 11) is 2.12. The number of nitrogens with two attached hydrogens (primary N) is 2. The summed E-state index contributed by atoms with van der Waals surface area (Å²) in [4.78, 5) is 21.2. The van der Waals surface area contributed by atoms with Gasteiger partial charge in [-0.1, -0.05) is 23.9 Å². The van der Waals surface area contributed by atoms with E-state index in [2.05, 4.69) is 47.7 Å². The second kappa shape index (κ2) is 10.6. The van der Waals surface area contributed by atoms with Crippen molar-refractivity contribution < 1.29 is 19.8 Å². The standard InChI is InChI=1S/C11H14N2S2.2CH3NO2/c1-8(12)7-14-11-13(2)9-5-3-4-6-10(9)15-11;2*2-1(3)4/h3-6,11-12H,7H2,1-2H3;2*2H2,(H,3,4). The second-order valence-corrected chi connectivity index (χ2v) is 6.76. The molecule has 1 aromatic rings. The predicted octanol–water partition coefficient (Wildman–Crippen LogP) is 2.53. The number of nitrogens with one attached hydrogen (secondary N) is 1. The molecule has 1 unspecified atom stereocenters. The first-order valence-corrected chi connectivity index (χ1v) is 8.19. The smallest absolute Gasteiger partial charge is 0.402 e. The Balaban J connectivity index is 0.000000509. The van der Waals surface area contributed by atoms with Gasteiger partial charge in [0.1, 0.15) is 4.71 Å². The van der Waals surface area contributed by atoms with Crippen molar-refractivity contribution in [1.82, 2.24) is 0 Å². The molecule has 0 aliphatic carbocycles. The third-order valence-corrected chi connectivity index (χ3v) is 5.25. The van der Waals surface area contributed by atoms with Crippen molar-refractivity contribution >= 4 is 47.1 Å². The highest BCUT2D eigenvalue weighted by Crippen LogP contribution is 2.46. The third kappa shape index (κ3) is 9.53. The van der Waals surface area contributed by atoms with Crippen LogP contribution < -0.4 is 16.4 Å². The maximum absolute atomic E-state index is 8.78. The van der Waals surface area contributed by atoms with Crippen molar-refractivity contribution in [3.05, 3.63) is 24.3 Å². The summed E-state index contributed by atoms with van der Waals surface area (Å²) < 4.78 is 0.419. The Kier molecular flexibility index (Phi) is 9.67. The van der Waals surface area contributed by atoms with E-state index in [1.54, 1.807) is 0 Å². The maximum atomic E-state index is 8.78. The lowest BCUT2D eigenvalue weighted by Gasteiger charge is -2.20. The summed E-state index contributed by atoms with van der Waals surface area (Å²) in [6.07, 6.45) is -2.67. The zero-order chi connectivity index (χ0) is 18.0. The number of hydrogen-bond donors (Lipinski definition) is 5. The van der Waals surface area contributed by atoms with Crippen molar-refractivity contribution in [3.63, 3.8) is 0 Å². The van der Waals surface area contributed by atoms with E-state index in [1.807, 2.05) is 30.4 Å². The van der Waals surface area contributed by atoms with Gasteiger partial charge in [-0.15, -0.1) is 11.8 Å². The Morgan fingerprint density at radius 1 is 1.30 bits per heavy atom. The maximum Gasteiger partial charge on any atom is 0.402 e. The predicted molar refractivity (Wildman–Crippen MR) is 94.8 cm³/mol. The van der Waals surface area contributed by atoms with Gasteiger partial charge >= 0.3 is 12.2 Å². The second-order valence-electron chi connectivity index (χ2n) is 4.27. The molecule has 1 heterocycles. The Bertz CT molecular complexity index is 537. The SMILES string of the molecule is CC(=N)CSC1Sc2ccccc2N1C.NC(=O)O.NC(=O)O. The van der Waals surface area contributed by atoms with Gasteiger partial charge in [0.15, 0.2) is 0 Å². The monoisotopic (exact) mass is 360 g/mol. The van der Waals surface area contributed by atoms with Gasteiger partial charge in [0.25, 0.3) is 0 Å². The average Bonchev–Trinajstić information content (AvgIpc) is 2.72. The van der Waals surface area contributed by atoms with Crippen LogP contribution in [0.2, 0.25) is 0 Å². The van der Waals surface area contributed by atoms with Crippen LogP contribution in [0.1, 0.15) is 6.92 Å². The van der Waals surface area contributed by atoms with E-state index in [4.69, 9.17) is 25.2 Å². The molecule has 0 bridgehead atoms. The van der Waals surface area contributed by atoms with Crippen LogP contribution in [0.4, 0.5) is 15.3 Å². The number of hydrogen-bond acceptors (Lipinski definition) is 6. The van der Waals surface area contributed by atoms with Crippen LogP contribution in [0.3, 0.4) is 0 Å². The van der Waals surface area contributed by atoms with Gasteiger partial charge in [-0.2, -0.15) is 0 Å². The molecule has 0 aromatic heterocycles. The number of nitrogens with zero attached hydrogens (tertiary/aromatic N) is 1. The van der Waals surface area contributed by atoms with Gasteiger partial charge in [-0.05, 0) is 19.1 Å². The summed E-state index contributed by atoms with van der Waals surface area (Å²) in [6.45, 7) is 1.86. The van der Waals surface area contributed by atoms with Crippen molar-refractivity contribution in [2.75, 3.05) is 17.7 Å².